The van der Waals surface area contributed by atoms with Gasteiger partial charge in [0.2, 0.25) is 0 Å². The maximum atomic E-state index is 9.97. The molecule has 1 aromatic rings. The number of rotatable bonds is 9. The molecule has 1 atom stereocenters. The molecule has 0 saturated heterocycles. The molecule has 1 rings (SSSR count). The number of aliphatic hydroxyl groups is 1. The Morgan fingerprint density at radius 2 is 1.95 bits per heavy atom. The van der Waals surface area contributed by atoms with Crippen LogP contribution in [0.4, 0.5) is 0 Å². The number of methoxy groups -OCH3 is 1. The summed E-state index contributed by atoms with van der Waals surface area (Å²) in [7, 11) is 3.62. The van der Waals surface area contributed by atoms with E-state index in [0.29, 0.717) is 12.6 Å². The second-order valence-corrected chi connectivity index (χ2v) is 5.41. The van der Waals surface area contributed by atoms with E-state index in [9.17, 15) is 5.11 Å². The van der Waals surface area contributed by atoms with Crippen molar-refractivity contribution in [1.29, 1.82) is 0 Å². The highest BCUT2D eigenvalue weighted by Crippen LogP contribution is 2.22. The number of likely N-dealkylation sites (N-methyl/N-ethyl adjacent to an activating group) is 1. The van der Waals surface area contributed by atoms with Gasteiger partial charge in [-0.1, -0.05) is 30.3 Å². The van der Waals surface area contributed by atoms with Gasteiger partial charge in [0.05, 0.1) is 18.8 Å². The van der Waals surface area contributed by atoms with Crippen LogP contribution in [0, 0.1) is 0 Å². The lowest BCUT2D eigenvalue weighted by molar-refractivity contribution is 0.0729. The number of ether oxygens (including phenoxy) is 1. The minimum absolute atomic E-state index is 0.0592. The van der Waals surface area contributed by atoms with E-state index in [1.165, 1.54) is 0 Å². The van der Waals surface area contributed by atoms with E-state index < -0.39 is 5.54 Å². The van der Waals surface area contributed by atoms with Crippen molar-refractivity contribution >= 4 is 0 Å². The molecule has 0 heterocycles. The second-order valence-electron chi connectivity index (χ2n) is 5.41. The summed E-state index contributed by atoms with van der Waals surface area (Å²) in [6, 6.07) is 10.5. The Kier molecular flexibility index (Phi) is 7.16. The van der Waals surface area contributed by atoms with Crippen molar-refractivity contribution in [1.82, 2.24) is 10.2 Å². The molecule has 0 amide bonds. The van der Waals surface area contributed by atoms with Gasteiger partial charge in [0.15, 0.2) is 0 Å². The topological polar surface area (TPSA) is 44.7 Å². The van der Waals surface area contributed by atoms with Crippen LogP contribution in [0.2, 0.25) is 0 Å². The molecule has 0 saturated carbocycles. The third kappa shape index (κ3) is 4.28. The molecule has 4 heteroatoms. The number of nitrogens with zero attached hydrogens (tertiary/aromatic N) is 1. The normalized spacial score (nSPS) is 14.8. The molecule has 0 fully saturated rings. The molecule has 0 aliphatic rings. The van der Waals surface area contributed by atoms with Gasteiger partial charge in [0.1, 0.15) is 0 Å². The maximum absolute atomic E-state index is 9.97. The molecule has 1 aromatic carbocycles. The first kappa shape index (κ1) is 17.1. The molecule has 2 N–H and O–H groups in total. The third-order valence-electron chi connectivity index (χ3n) is 3.86. The Labute approximate surface area is 122 Å². The van der Waals surface area contributed by atoms with Crippen LogP contribution in [0.5, 0.6) is 0 Å². The van der Waals surface area contributed by atoms with Gasteiger partial charge in [-0.05, 0) is 26.5 Å². The predicted molar refractivity (Wildman–Crippen MR) is 82.9 cm³/mol. The monoisotopic (exact) mass is 280 g/mol. The van der Waals surface area contributed by atoms with Gasteiger partial charge in [-0.2, -0.15) is 0 Å². The third-order valence-corrected chi connectivity index (χ3v) is 3.86. The number of benzene rings is 1. The molecule has 1 unspecified atom stereocenters. The SMILES string of the molecule is CNC(CO)(CN(CCOC)C(C)C)c1ccccc1. The quantitative estimate of drug-likeness (QED) is 0.719. The van der Waals surface area contributed by atoms with Gasteiger partial charge in [0, 0.05) is 26.2 Å². The van der Waals surface area contributed by atoms with Crippen molar-refractivity contribution in [3.05, 3.63) is 35.9 Å². The van der Waals surface area contributed by atoms with Crippen LogP contribution in [0.25, 0.3) is 0 Å². The Bertz CT molecular complexity index is 364. The fraction of sp³-hybridized carbons (Fsp3) is 0.625. The Hall–Kier alpha value is -0.940. The lowest BCUT2D eigenvalue weighted by atomic mass is 9.89. The zero-order chi connectivity index (χ0) is 15.0. The van der Waals surface area contributed by atoms with E-state index in [1.54, 1.807) is 7.11 Å². The van der Waals surface area contributed by atoms with E-state index in [1.807, 2.05) is 25.2 Å². The molecule has 20 heavy (non-hydrogen) atoms. The Morgan fingerprint density at radius 3 is 2.40 bits per heavy atom. The summed E-state index contributed by atoms with van der Waals surface area (Å²) in [5.41, 5.74) is 0.660. The minimum Gasteiger partial charge on any atom is -0.394 e. The van der Waals surface area contributed by atoms with Crippen LogP contribution in [-0.4, -0.2) is 56.5 Å². The maximum Gasteiger partial charge on any atom is 0.0795 e. The van der Waals surface area contributed by atoms with E-state index in [4.69, 9.17) is 4.74 Å². The lowest BCUT2D eigenvalue weighted by Gasteiger charge is -2.39. The average molecular weight is 280 g/mol. The van der Waals surface area contributed by atoms with E-state index >= 15 is 0 Å². The number of hydrogen-bond donors (Lipinski definition) is 2. The molecule has 4 nitrogen and oxygen atoms in total. The van der Waals surface area contributed by atoms with Crippen LogP contribution >= 0.6 is 0 Å². The van der Waals surface area contributed by atoms with E-state index in [0.717, 1.165) is 18.7 Å². The molecular formula is C16H28N2O2. The minimum atomic E-state index is -0.445. The summed E-state index contributed by atoms with van der Waals surface area (Å²) >= 11 is 0. The first-order valence-corrected chi connectivity index (χ1v) is 7.18. The largest absolute Gasteiger partial charge is 0.394 e. The van der Waals surface area contributed by atoms with Gasteiger partial charge < -0.3 is 15.2 Å². The van der Waals surface area contributed by atoms with Gasteiger partial charge in [0.25, 0.3) is 0 Å². The highest BCUT2D eigenvalue weighted by atomic mass is 16.5. The molecule has 0 aliphatic carbocycles. The fourth-order valence-electron chi connectivity index (χ4n) is 2.37. The standard InChI is InChI=1S/C16H28N2O2/c1-14(2)18(10-11-20-4)12-16(13-19,17-3)15-8-6-5-7-9-15/h5-9,14,17,19H,10-13H2,1-4H3. The van der Waals surface area contributed by atoms with Crippen molar-refractivity contribution in [2.24, 2.45) is 0 Å². The van der Waals surface area contributed by atoms with Crippen molar-refractivity contribution in [2.45, 2.75) is 25.4 Å². The van der Waals surface area contributed by atoms with Crippen molar-refractivity contribution in [3.63, 3.8) is 0 Å². The summed E-state index contributed by atoms with van der Waals surface area (Å²) in [5.74, 6) is 0. The lowest BCUT2D eigenvalue weighted by Crippen LogP contribution is -2.54. The van der Waals surface area contributed by atoms with Crippen molar-refractivity contribution in [2.75, 3.05) is 40.5 Å². The number of hydrogen-bond acceptors (Lipinski definition) is 4. The van der Waals surface area contributed by atoms with Gasteiger partial charge in [-0.15, -0.1) is 0 Å². The molecule has 114 valence electrons. The van der Waals surface area contributed by atoms with Crippen LogP contribution in [0.1, 0.15) is 19.4 Å². The summed E-state index contributed by atoms with van der Waals surface area (Å²) < 4.78 is 5.19. The zero-order valence-corrected chi connectivity index (χ0v) is 13.1. The summed E-state index contributed by atoms with van der Waals surface area (Å²) in [4.78, 5) is 2.32. The average Bonchev–Trinajstić information content (AvgIpc) is 2.49. The van der Waals surface area contributed by atoms with Crippen LogP contribution in [0.15, 0.2) is 30.3 Å². The van der Waals surface area contributed by atoms with Gasteiger partial charge >= 0.3 is 0 Å². The van der Waals surface area contributed by atoms with E-state index in [2.05, 4.69) is 36.2 Å². The molecule has 0 radical (unpaired) electrons. The highest BCUT2D eigenvalue weighted by Gasteiger charge is 2.32. The van der Waals surface area contributed by atoms with Gasteiger partial charge in [-0.25, -0.2) is 0 Å². The zero-order valence-electron chi connectivity index (χ0n) is 13.1. The highest BCUT2D eigenvalue weighted by molar-refractivity contribution is 5.25. The Morgan fingerprint density at radius 1 is 1.30 bits per heavy atom. The first-order valence-electron chi connectivity index (χ1n) is 7.18. The summed E-state index contributed by atoms with van der Waals surface area (Å²) in [6.45, 7) is 6.67. The smallest absolute Gasteiger partial charge is 0.0795 e. The number of nitrogens with one attached hydrogen (secondary N) is 1. The molecular weight excluding hydrogens is 252 g/mol. The summed E-state index contributed by atoms with van der Waals surface area (Å²) in [6.07, 6.45) is 0. The first-order chi connectivity index (χ1) is 9.59. The van der Waals surface area contributed by atoms with Crippen LogP contribution in [-0.2, 0) is 10.3 Å². The van der Waals surface area contributed by atoms with Gasteiger partial charge in [-0.3, -0.25) is 4.90 Å². The molecule has 0 spiro atoms. The second kappa shape index (κ2) is 8.37. The summed E-state index contributed by atoms with van der Waals surface area (Å²) in [5, 5.41) is 13.3. The fourth-order valence-corrected chi connectivity index (χ4v) is 2.37. The van der Waals surface area contributed by atoms with Crippen LogP contribution in [0.3, 0.4) is 0 Å². The number of aliphatic hydroxyl groups excluding tert-OH is 1. The predicted octanol–water partition coefficient (Wildman–Crippen LogP) is 1.45. The molecule has 0 aliphatic heterocycles. The molecule has 0 bridgehead atoms. The van der Waals surface area contributed by atoms with E-state index in [-0.39, 0.29) is 6.61 Å². The van der Waals surface area contributed by atoms with Crippen molar-refractivity contribution < 1.29 is 9.84 Å². The molecule has 0 aromatic heterocycles. The van der Waals surface area contributed by atoms with Crippen molar-refractivity contribution in [3.8, 4) is 0 Å². The Balaban J connectivity index is 2.94. The van der Waals surface area contributed by atoms with Crippen LogP contribution < -0.4 is 5.32 Å².